The van der Waals surface area contributed by atoms with Crippen molar-refractivity contribution in [3.63, 3.8) is 0 Å². The summed E-state index contributed by atoms with van der Waals surface area (Å²) in [7, 11) is -3.33. The van der Waals surface area contributed by atoms with Gasteiger partial charge < -0.3 is 15.7 Å². The minimum absolute atomic E-state index is 0.0211. The first-order chi connectivity index (χ1) is 14.3. The van der Waals surface area contributed by atoms with Gasteiger partial charge in [-0.25, -0.2) is 23.2 Å². The number of thioether (sulfide) groups is 1. The third-order valence-corrected chi connectivity index (χ3v) is 6.77. The Morgan fingerprint density at radius 2 is 1.70 bits per heavy atom. The summed E-state index contributed by atoms with van der Waals surface area (Å²) in [6, 6.07) is 12.9. The number of carbonyl (C=O) groups is 1. The van der Waals surface area contributed by atoms with Gasteiger partial charge in [0.25, 0.3) is 0 Å². The molecule has 8 nitrogen and oxygen atoms in total. The van der Waals surface area contributed by atoms with Crippen LogP contribution in [0.2, 0.25) is 0 Å². The van der Waals surface area contributed by atoms with Crippen LogP contribution in [0.3, 0.4) is 0 Å². The van der Waals surface area contributed by atoms with E-state index in [1.807, 2.05) is 6.26 Å². The SMILES string of the molecule is CCS(=O)(=O)c1ccc(SC)c(Nc2cc(Nc3ccc(C(=O)O)cc3)ncn2)c1. The molecule has 0 saturated heterocycles. The van der Waals surface area contributed by atoms with Gasteiger partial charge in [-0.2, -0.15) is 0 Å². The molecule has 3 aromatic rings. The van der Waals surface area contributed by atoms with Gasteiger partial charge in [0.2, 0.25) is 0 Å². The molecule has 0 fully saturated rings. The largest absolute Gasteiger partial charge is 0.478 e. The first kappa shape index (κ1) is 21.6. The van der Waals surface area contributed by atoms with Gasteiger partial charge in [0.15, 0.2) is 9.84 Å². The average Bonchev–Trinajstić information content (AvgIpc) is 2.74. The number of hydrogen-bond acceptors (Lipinski definition) is 8. The van der Waals surface area contributed by atoms with E-state index in [9.17, 15) is 13.2 Å². The number of anilines is 4. The van der Waals surface area contributed by atoms with Crippen LogP contribution in [0.15, 0.2) is 64.6 Å². The van der Waals surface area contributed by atoms with Gasteiger partial charge in [-0.1, -0.05) is 6.92 Å². The van der Waals surface area contributed by atoms with E-state index < -0.39 is 15.8 Å². The number of carboxylic acid groups (broad SMARTS) is 1. The fraction of sp³-hybridized carbons (Fsp3) is 0.150. The van der Waals surface area contributed by atoms with Crippen LogP contribution in [0.1, 0.15) is 17.3 Å². The monoisotopic (exact) mass is 444 g/mol. The Labute approximate surface area is 178 Å². The highest BCUT2D eigenvalue weighted by molar-refractivity contribution is 7.98. The maximum atomic E-state index is 12.2. The van der Waals surface area contributed by atoms with Crippen molar-refractivity contribution in [1.82, 2.24) is 9.97 Å². The normalized spacial score (nSPS) is 11.1. The van der Waals surface area contributed by atoms with Crippen molar-refractivity contribution in [2.24, 2.45) is 0 Å². The number of nitrogens with zero attached hydrogens (tertiary/aromatic N) is 2. The number of aromatic nitrogens is 2. The second kappa shape index (κ2) is 9.14. The van der Waals surface area contributed by atoms with Crippen molar-refractivity contribution in [2.45, 2.75) is 16.7 Å². The van der Waals surface area contributed by atoms with Crippen molar-refractivity contribution in [3.8, 4) is 0 Å². The molecule has 0 atom stereocenters. The van der Waals surface area contributed by atoms with Crippen LogP contribution >= 0.6 is 11.8 Å². The van der Waals surface area contributed by atoms with Gasteiger partial charge in [0, 0.05) is 16.6 Å². The minimum Gasteiger partial charge on any atom is -0.478 e. The van der Waals surface area contributed by atoms with Crippen molar-refractivity contribution in [3.05, 3.63) is 60.4 Å². The van der Waals surface area contributed by atoms with Crippen LogP contribution in [-0.4, -0.2) is 41.5 Å². The zero-order chi connectivity index (χ0) is 21.7. The van der Waals surface area contributed by atoms with E-state index in [4.69, 9.17) is 5.11 Å². The van der Waals surface area contributed by atoms with Crippen LogP contribution in [0, 0.1) is 0 Å². The van der Waals surface area contributed by atoms with Crippen LogP contribution in [0.25, 0.3) is 0 Å². The fourth-order valence-electron chi connectivity index (χ4n) is 2.62. The summed E-state index contributed by atoms with van der Waals surface area (Å²) in [5.41, 5.74) is 1.50. The van der Waals surface area contributed by atoms with Crippen molar-refractivity contribution in [2.75, 3.05) is 22.6 Å². The third kappa shape index (κ3) is 5.08. The van der Waals surface area contributed by atoms with E-state index >= 15 is 0 Å². The second-order valence-electron chi connectivity index (χ2n) is 6.19. The highest BCUT2D eigenvalue weighted by Gasteiger charge is 2.14. The van der Waals surface area contributed by atoms with E-state index in [0.29, 0.717) is 23.0 Å². The minimum atomic E-state index is -3.33. The summed E-state index contributed by atoms with van der Waals surface area (Å²) in [6.07, 6.45) is 3.28. The second-order valence-corrected chi connectivity index (χ2v) is 9.31. The number of carboxylic acids is 1. The molecule has 0 saturated carbocycles. The standard InChI is InChI=1S/C20H20N4O4S2/c1-3-30(27,28)15-8-9-17(29-2)16(10-15)24-19-11-18(21-12-22-19)23-14-6-4-13(5-7-14)20(25)26/h4-12H,3H2,1-2H3,(H,25,26)(H2,21,22,23,24). The van der Waals surface area contributed by atoms with Crippen molar-refractivity contribution in [1.29, 1.82) is 0 Å². The van der Waals surface area contributed by atoms with Gasteiger partial charge in [-0.3, -0.25) is 0 Å². The molecule has 0 aliphatic heterocycles. The molecule has 2 aromatic carbocycles. The fourth-order valence-corrected chi connectivity index (χ4v) is 4.06. The molecular formula is C20H20N4O4S2. The molecule has 3 N–H and O–H groups in total. The van der Waals surface area contributed by atoms with Crippen molar-refractivity contribution >= 4 is 50.6 Å². The molecule has 0 spiro atoms. The van der Waals surface area contributed by atoms with Gasteiger partial charge in [0.05, 0.1) is 21.9 Å². The van der Waals surface area contributed by atoms with Gasteiger partial charge in [-0.05, 0) is 48.7 Å². The zero-order valence-electron chi connectivity index (χ0n) is 16.3. The molecular weight excluding hydrogens is 424 g/mol. The summed E-state index contributed by atoms with van der Waals surface area (Å²) in [5, 5.41) is 15.2. The number of nitrogens with one attached hydrogen (secondary N) is 2. The topological polar surface area (TPSA) is 121 Å². The maximum Gasteiger partial charge on any atom is 0.335 e. The molecule has 0 radical (unpaired) electrons. The predicted molar refractivity (Wildman–Crippen MR) is 118 cm³/mol. The quantitative estimate of drug-likeness (QED) is 0.439. The summed E-state index contributed by atoms with van der Waals surface area (Å²) in [4.78, 5) is 20.5. The average molecular weight is 445 g/mol. The van der Waals surface area contributed by atoms with E-state index in [0.717, 1.165) is 4.90 Å². The predicted octanol–water partition coefficient (Wildman–Crippen LogP) is 4.18. The van der Waals surface area contributed by atoms with Crippen LogP contribution in [0.5, 0.6) is 0 Å². The molecule has 0 aliphatic rings. The molecule has 3 rings (SSSR count). The lowest BCUT2D eigenvalue weighted by Crippen LogP contribution is -2.05. The molecule has 0 bridgehead atoms. The Kier molecular flexibility index (Phi) is 6.58. The number of benzene rings is 2. The molecule has 30 heavy (non-hydrogen) atoms. The van der Waals surface area contributed by atoms with E-state index in [2.05, 4.69) is 20.6 Å². The highest BCUT2D eigenvalue weighted by atomic mass is 32.2. The molecule has 1 heterocycles. The van der Waals surface area contributed by atoms with E-state index in [1.54, 1.807) is 43.3 Å². The molecule has 1 aromatic heterocycles. The Hall–Kier alpha value is -3.11. The summed E-state index contributed by atoms with van der Waals surface area (Å²) < 4.78 is 24.4. The number of aromatic carboxylic acids is 1. The lowest BCUT2D eigenvalue weighted by molar-refractivity contribution is 0.0697. The van der Waals surface area contributed by atoms with Crippen LogP contribution in [0.4, 0.5) is 23.0 Å². The Morgan fingerprint density at radius 1 is 1.03 bits per heavy atom. The van der Waals surface area contributed by atoms with E-state index in [1.165, 1.54) is 30.2 Å². The third-order valence-electron chi connectivity index (χ3n) is 4.24. The van der Waals surface area contributed by atoms with Crippen LogP contribution < -0.4 is 10.6 Å². The number of rotatable bonds is 8. The molecule has 0 unspecified atom stereocenters. The summed E-state index contributed by atoms with van der Waals surface area (Å²) >= 11 is 1.49. The molecule has 156 valence electrons. The highest BCUT2D eigenvalue weighted by Crippen LogP contribution is 2.31. The maximum absolute atomic E-state index is 12.2. The smallest absolute Gasteiger partial charge is 0.335 e. The Balaban J connectivity index is 1.84. The first-order valence-corrected chi connectivity index (χ1v) is 11.8. The molecule has 0 aliphatic carbocycles. The zero-order valence-corrected chi connectivity index (χ0v) is 17.9. The lowest BCUT2D eigenvalue weighted by Gasteiger charge is -2.13. The summed E-state index contributed by atoms with van der Waals surface area (Å²) in [6.45, 7) is 1.61. The first-order valence-electron chi connectivity index (χ1n) is 8.92. The lowest BCUT2D eigenvalue weighted by atomic mass is 10.2. The van der Waals surface area contributed by atoms with Gasteiger partial charge >= 0.3 is 5.97 Å². The van der Waals surface area contributed by atoms with Crippen LogP contribution in [-0.2, 0) is 9.84 Å². The molecule has 10 heteroatoms. The van der Waals surface area contributed by atoms with Crippen molar-refractivity contribution < 1.29 is 18.3 Å². The Bertz CT molecular complexity index is 1170. The number of sulfone groups is 1. The van der Waals surface area contributed by atoms with Gasteiger partial charge in [-0.15, -0.1) is 11.8 Å². The number of hydrogen-bond donors (Lipinski definition) is 3. The van der Waals surface area contributed by atoms with E-state index in [-0.39, 0.29) is 16.2 Å². The van der Waals surface area contributed by atoms with Gasteiger partial charge in [0.1, 0.15) is 18.0 Å². The summed E-state index contributed by atoms with van der Waals surface area (Å²) in [5.74, 6) is 0.00872. The Morgan fingerprint density at radius 3 is 2.30 bits per heavy atom. The molecule has 0 amide bonds.